The topological polar surface area (TPSA) is 16.1 Å². The highest BCUT2D eigenvalue weighted by Gasteiger charge is 2.26. The predicted molar refractivity (Wildman–Crippen MR) is 127 cm³/mol. The summed E-state index contributed by atoms with van der Waals surface area (Å²) in [6.07, 6.45) is 4.36. The van der Waals surface area contributed by atoms with Crippen LogP contribution in [0.1, 0.15) is 66.7 Å². The highest BCUT2D eigenvalue weighted by Crippen LogP contribution is 2.34. The highest BCUT2D eigenvalue weighted by atomic mass is 15.2. The van der Waals surface area contributed by atoms with Gasteiger partial charge in [0.2, 0.25) is 0 Å². The zero-order chi connectivity index (χ0) is 21.1. The van der Waals surface area contributed by atoms with Gasteiger partial charge in [0.1, 0.15) is 0 Å². The van der Waals surface area contributed by atoms with Crippen LogP contribution in [0.3, 0.4) is 0 Å². The molecule has 0 N–H and O–H groups in total. The van der Waals surface area contributed by atoms with Crippen molar-refractivity contribution < 1.29 is 0 Å². The van der Waals surface area contributed by atoms with Crippen molar-refractivity contribution in [3.8, 4) is 11.3 Å². The Morgan fingerprint density at radius 3 is 2.27 bits per heavy atom. The molecule has 2 heterocycles. The van der Waals surface area contributed by atoms with Crippen LogP contribution in [0.4, 0.5) is 0 Å². The van der Waals surface area contributed by atoms with Crippen molar-refractivity contribution in [2.45, 2.75) is 66.0 Å². The Morgan fingerprint density at radius 1 is 0.867 bits per heavy atom. The lowest BCUT2D eigenvalue weighted by molar-refractivity contribution is 0.171. The third-order valence-corrected chi connectivity index (χ3v) is 6.73. The third-order valence-electron chi connectivity index (χ3n) is 6.73. The molecular formula is C28H34N2. The predicted octanol–water partition coefficient (Wildman–Crippen LogP) is 6.69. The molecule has 4 rings (SSSR count). The van der Waals surface area contributed by atoms with Gasteiger partial charge < -0.3 is 0 Å². The molecule has 0 radical (unpaired) electrons. The largest absolute Gasteiger partial charge is 0.292 e. The molecule has 2 aromatic carbocycles. The first-order chi connectivity index (χ1) is 14.7. The number of hydrogen-bond acceptors (Lipinski definition) is 2. The van der Waals surface area contributed by atoms with Gasteiger partial charge >= 0.3 is 0 Å². The number of rotatable bonds is 6. The lowest BCUT2D eigenvalue weighted by atomic mass is 9.90. The summed E-state index contributed by atoms with van der Waals surface area (Å²) in [4.78, 5) is 7.74. The Balaban J connectivity index is 1.63. The average molecular weight is 399 g/mol. The van der Waals surface area contributed by atoms with Crippen molar-refractivity contribution in [1.82, 2.24) is 9.88 Å². The molecule has 1 aromatic heterocycles. The number of aromatic nitrogens is 1. The zero-order valence-electron chi connectivity index (χ0n) is 18.9. The quantitative estimate of drug-likeness (QED) is 0.460. The molecule has 0 amide bonds. The fourth-order valence-electron chi connectivity index (χ4n) is 5.06. The number of nitrogens with zero attached hydrogens (tertiary/aromatic N) is 2. The van der Waals surface area contributed by atoms with Crippen molar-refractivity contribution in [1.29, 1.82) is 0 Å². The molecule has 2 heteroatoms. The second-order valence-electron chi connectivity index (χ2n) is 8.44. The molecule has 3 aromatic rings. The molecule has 156 valence electrons. The van der Waals surface area contributed by atoms with Gasteiger partial charge in [0, 0.05) is 30.4 Å². The Morgan fingerprint density at radius 2 is 1.60 bits per heavy atom. The Hall–Kier alpha value is -2.45. The molecule has 0 bridgehead atoms. The number of pyridine rings is 1. The standard InChI is InChI=1S/C28H34N2/c1-5-21-12-10-13-22(6-2)28(21)26-16-15-24(20(4)29-26)19-30-18-17-23-11-8-9-14-25(23)27(30)7-3/h8-16,27H,5-7,17-19H2,1-4H3. The van der Waals surface area contributed by atoms with E-state index in [0.717, 1.165) is 50.2 Å². The fraction of sp³-hybridized carbons (Fsp3) is 0.393. The molecule has 1 unspecified atom stereocenters. The van der Waals surface area contributed by atoms with Crippen LogP contribution in [-0.2, 0) is 25.8 Å². The molecule has 0 saturated heterocycles. The monoisotopic (exact) mass is 398 g/mol. The van der Waals surface area contributed by atoms with E-state index >= 15 is 0 Å². The van der Waals surface area contributed by atoms with E-state index in [1.54, 1.807) is 0 Å². The average Bonchev–Trinajstić information content (AvgIpc) is 2.79. The molecule has 0 spiro atoms. The fourth-order valence-corrected chi connectivity index (χ4v) is 5.06. The first-order valence-electron chi connectivity index (χ1n) is 11.6. The maximum Gasteiger partial charge on any atom is 0.0710 e. The maximum absolute atomic E-state index is 5.09. The van der Waals surface area contributed by atoms with Gasteiger partial charge in [-0.05, 0) is 66.5 Å². The second kappa shape index (κ2) is 9.14. The van der Waals surface area contributed by atoms with E-state index in [-0.39, 0.29) is 0 Å². The molecule has 1 atom stereocenters. The number of aryl methyl sites for hydroxylation is 3. The lowest BCUT2D eigenvalue weighted by Gasteiger charge is -2.37. The summed E-state index contributed by atoms with van der Waals surface area (Å²) in [5.74, 6) is 0. The van der Waals surface area contributed by atoms with E-state index in [1.807, 2.05) is 0 Å². The molecular weight excluding hydrogens is 364 g/mol. The minimum Gasteiger partial charge on any atom is -0.292 e. The Kier molecular flexibility index (Phi) is 6.34. The minimum atomic E-state index is 0.501. The van der Waals surface area contributed by atoms with Crippen molar-refractivity contribution in [3.63, 3.8) is 0 Å². The van der Waals surface area contributed by atoms with Crippen molar-refractivity contribution >= 4 is 0 Å². The van der Waals surface area contributed by atoms with Crippen LogP contribution in [0, 0.1) is 6.92 Å². The van der Waals surface area contributed by atoms with E-state index in [1.165, 1.54) is 33.4 Å². The molecule has 1 aliphatic rings. The Labute approximate surface area is 182 Å². The summed E-state index contributed by atoms with van der Waals surface area (Å²) in [7, 11) is 0. The minimum absolute atomic E-state index is 0.501. The summed E-state index contributed by atoms with van der Waals surface area (Å²) >= 11 is 0. The summed E-state index contributed by atoms with van der Waals surface area (Å²) in [6, 6.07) is 20.7. The molecule has 0 saturated carbocycles. The van der Waals surface area contributed by atoms with E-state index in [0.29, 0.717) is 6.04 Å². The summed E-state index contributed by atoms with van der Waals surface area (Å²) in [6.45, 7) is 11.0. The van der Waals surface area contributed by atoms with Crippen LogP contribution in [0.15, 0.2) is 54.6 Å². The Bertz CT molecular complexity index is 999. The highest BCUT2D eigenvalue weighted by molar-refractivity contribution is 5.68. The molecule has 0 fully saturated rings. The van der Waals surface area contributed by atoms with Gasteiger partial charge in [0.05, 0.1) is 5.69 Å². The lowest BCUT2D eigenvalue weighted by Crippen LogP contribution is -2.35. The molecule has 0 aliphatic carbocycles. The molecule has 1 aliphatic heterocycles. The summed E-state index contributed by atoms with van der Waals surface area (Å²) < 4.78 is 0. The van der Waals surface area contributed by atoms with E-state index in [9.17, 15) is 0 Å². The number of fused-ring (bicyclic) bond motifs is 1. The van der Waals surface area contributed by atoms with Gasteiger partial charge in [0.25, 0.3) is 0 Å². The van der Waals surface area contributed by atoms with E-state index in [4.69, 9.17) is 4.98 Å². The SMILES string of the molecule is CCc1cccc(CC)c1-c1ccc(CN2CCc3ccccc3C2CC)c(C)n1. The van der Waals surface area contributed by atoms with E-state index < -0.39 is 0 Å². The van der Waals surface area contributed by atoms with Crippen LogP contribution in [0.25, 0.3) is 11.3 Å². The zero-order valence-corrected chi connectivity index (χ0v) is 18.9. The summed E-state index contributed by atoms with van der Waals surface area (Å²) in [5.41, 5.74) is 10.8. The van der Waals surface area contributed by atoms with Gasteiger partial charge in [-0.25, -0.2) is 0 Å². The van der Waals surface area contributed by atoms with Crippen LogP contribution < -0.4 is 0 Å². The van der Waals surface area contributed by atoms with Gasteiger partial charge in [-0.15, -0.1) is 0 Å². The van der Waals surface area contributed by atoms with Gasteiger partial charge in [-0.1, -0.05) is 69.3 Å². The van der Waals surface area contributed by atoms with Crippen LogP contribution >= 0.6 is 0 Å². The van der Waals surface area contributed by atoms with Gasteiger partial charge in [-0.2, -0.15) is 0 Å². The van der Waals surface area contributed by atoms with Gasteiger partial charge in [0.15, 0.2) is 0 Å². The second-order valence-corrected chi connectivity index (χ2v) is 8.44. The smallest absolute Gasteiger partial charge is 0.0710 e. The van der Waals surface area contributed by atoms with Crippen LogP contribution in [0.2, 0.25) is 0 Å². The normalized spacial score (nSPS) is 16.5. The first kappa shape index (κ1) is 20.8. The maximum atomic E-state index is 5.09. The van der Waals surface area contributed by atoms with E-state index in [2.05, 4.69) is 87.2 Å². The van der Waals surface area contributed by atoms with Crippen LogP contribution in [-0.4, -0.2) is 16.4 Å². The third kappa shape index (κ3) is 3.94. The van der Waals surface area contributed by atoms with Crippen molar-refractivity contribution in [2.24, 2.45) is 0 Å². The van der Waals surface area contributed by atoms with Crippen molar-refractivity contribution in [2.75, 3.05) is 6.54 Å². The van der Waals surface area contributed by atoms with Crippen LogP contribution in [0.5, 0.6) is 0 Å². The molecule has 2 nitrogen and oxygen atoms in total. The number of benzene rings is 2. The van der Waals surface area contributed by atoms with Crippen molar-refractivity contribution in [3.05, 3.63) is 88.1 Å². The van der Waals surface area contributed by atoms with Gasteiger partial charge in [-0.3, -0.25) is 9.88 Å². The number of hydrogen-bond donors (Lipinski definition) is 0. The summed E-state index contributed by atoms with van der Waals surface area (Å²) in [5, 5.41) is 0. The first-order valence-corrected chi connectivity index (χ1v) is 11.6. The molecule has 30 heavy (non-hydrogen) atoms.